The van der Waals surface area contributed by atoms with Gasteiger partial charge in [0.2, 0.25) is 11.8 Å². The van der Waals surface area contributed by atoms with Gasteiger partial charge in [0.05, 0.1) is 16.9 Å². The number of rotatable bonds is 5. The summed E-state index contributed by atoms with van der Waals surface area (Å²) in [4.78, 5) is 26.8. The Morgan fingerprint density at radius 1 is 1.36 bits per heavy atom. The summed E-state index contributed by atoms with van der Waals surface area (Å²) in [5.74, 6) is 0.900. The van der Waals surface area contributed by atoms with E-state index >= 15 is 0 Å². The number of hydrogen-bond acceptors (Lipinski definition) is 5. The van der Waals surface area contributed by atoms with E-state index in [0.29, 0.717) is 53.8 Å². The fraction of sp³-hybridized carbons (Fsp3) is 0.316. The number of carbonyl (C=O) groups excluding carboxylic acids is 2. The van der Waals surface area contributed by atoms with Crippen LogP contribution in [-0.2, 0) is 16.1 Å². The van der Waals surface area contributed by atoms with Gasteiger partial charge in [-0.3, -0.25) is 14.3 Å². The second-order valence-electron chi connectivity index (χ2n) is 6.56. The molecule has 0 saturated carbocycles. The normalized spacial score (nSPS) is 18.2. The second-order valence-corrected chi connectivity index (χ2v) is 7.41. The maximum Gasteiger partial charge on any atom is 0.231 e. The quantitative estimate of drug-likeness (QED) is 0.713. The molecule has 8 nitrogen and oxygen atoms in total. The van der Waals surface area contributed by atoms with Gasteiger partial charge in [0.25, 0.3) is 0 Å². The Bertz CT molecular complexity index is 942. The van der Waals surface area contributed by atoms with Crippen molar-refractivity contribution in [2.45, 2.75) is 13.0 Å². The Morgan fingerprint density at radius 2 is 2.14 bits per heavy atom. The highest BCUT2D eigenvalue weighted by Gasteiger charge is 2.36. The van der Waals surface area contributed by atoms with Gasteiger partial charge in [-0.05, 0) is 28.1 Å². The molecule has 0 radical (unpaired) electrons. The first kappa shape index (κ1) is 18.5. The molecule has 1 aromatic heterocycles. The highest BCUT2D eigenvalue weighted by atomic mass is 79.9. The molecule has 2 aliphatic rings. The van der Waals surface area contributed by atoms with Crippen molar-refractivity contribution in [3.8, 4) is 11.5 Å². The standard InChI is InChI=1S/C19H19BrN4O4/c1-2-5-23-11-14(20)18(22-23)21-19(26)12-8-17(25)24(10-12)13-3-4-15-16(9-13)28-7-6-27-15/h2-4,9,11-12H,1,5-8,10H2,(H,21,22,26)/t12-/m1/s1. The summed E-state index contributed by atoms with van der Waals surface area (Å²) in [5, 5.41) is 7.09. The Kier molecular flexibility index (Phi) is 5.08. The molecule has 28 heavy (non-hydrogen) atoms. The average Bonchev–Trinajstić information content (AvgIpc) is 3.24. The lowest BCUT2D eigenvalue weighted by molar-refractivity contribution is -0.122. The minimum atomic E-state index is -0.461. The molecule has 9 heteroatoms. The fourth-order valence-electron chi connectivity index (χ4n) is 3.26. The maximum atomic E-state index is 12.7. The zero-order chi connectivity index (χ0) is 19.7. The molecule has 0 spiro atoms. The van der Waals surface area contributed by atoms with Gasteiger partial charge < -0.3 is 19.7 Å². The summed E-state index contributed by atoms with van der Waals surface area (Å²) in [5.41, 5.74) is 0.695. The van der Waals surface area contributed by atoms with Crippen LogP contribution in [0.25, 0.3) is 0 Å². The van der Waals surface area contributed by atoms with Gasteiger partial charge in [-0.25, -0.2) is 0 Å². The lowest BCUT2D eigenvalue weighted by atomic mass is 10.1. The molecule has 0 bridgehead atoms. The van der Waals surface area contributed by atoms with Crippen LogP contribution < -0.4 is 19.7 Å². The first-order valence-electron chi connectivity index (χ1n) is 8.90. The number of carbonyl (C=O) groups is 2. The Morgan fingerprint density at radius 3 is 2.93 bits per heavy atom. The van der Waals surface area contributed by atoms with Crippen LogP contribution in [0.5, 0.6) is 11.5 Å². The third-order valence-corrected chi connectivity index (χ3v) is 5.19. The van der Waals surface area contributed by atoms with Crippen molar-refractivity contribution in [3.05, 3.63) is 41.5 Å². The fourth-order valence-corrected chi connectivity index (χ4v) is 3.67. The van der Waals surface area contributed by atoms with E-state index in [0.717, 1.165) is 0 Å². The van der Waals surface area contributed by atoms with Gasteiger partial charge in [-0.2, -0.15) is 5.10 Å². The van der Waals surface area contributed by atoms with Gasteiger partial charge in [-0.15, -0.1) is 6.58 Å². The van der Waals surface area contributed by atoms with Gasteiger partial charge in [-0.1, -0.05) is 6.08 Å². The van der Waals surface area contributed by atoms with E-state index in [1.165, 1.54) is 0 Å². The van der Waals surface area contributed by atoms with Crippen molar-refractivity contribution in [1.29, 1.82) is 0 Å². The number of fused-ring (bicyclic) bond motifs is 1. The zero-order valence-corrected chi connectivity index (χ0v) is 16.6. The largest absolute Gasteiger partial charge is 0.486 e. The van der Waals surface area contributed by atoms with Crippen LogP contribution in [-0.4, -0.2) is 41.4 Å². The number of nitrogens with zero attached hydrogens (tertiary/aromatic N) is 3. The summed E-state index contributed by atoms with van der Waals surface area (Å²) in [7, 11) is 0. The van der Waals surface area contributed by atoms with E-state index in [4.69, 9.17) is 9.47 Å². The topological polar surface area (TPSA) is 85.7 Å². The molecule has 2 amide bonds. The first-order valence-corrected chi connectivity index (χ1v) is 9.69. The SMILES string of the molecule is C=CCn1cc(Br)c(NC(=O)[C@@H]2CC(=O)N(c3ccc4c(c3)OCCO4)C2)n1. The van der Waals surface area contributed by atoms with Crippen molar-refractivity contribution in [2.24, 2.45) is 5.92 Å². The van der Waals surface area contributed by atoms with Crippen LogP contribution >= 0.6 is 15.9 Å². The first-order chi connectivity index (χ1) is 13.5. The van der Waals surface area contributed by atoms with Crippen LogP contribution in [0.15, 0.2) is 41.5 Å². The van der Waals surface area contributed by atoms with E-state index in [9.17, 15) is 9.59 Å². The molecule has 1 saturated heterocycles. The number of nitrogens with one attached hydrogen (secondary N) is 1. The summed E-state index contributed by atoms with van der Waals surface area (Å²) in [6.45, 7) is 5.49. The van der Waals surface area contributed by atoms with Crippen molar-refractivity contribution < 1.29 is 19.1 Å². The number of amides is 2. The van der Waals surface area contributed by atoms with Crippen LogP contribution in [0.4, 0.5) is 11.5 Å². The van der Waals surface area contributed by atoms with Gasteiger partial charge in [0.15, 0.2) is 17.3 Å². The van der Waals surface area contributed by atoms with Crippen molar-refractivity contribution in [2.75, 3.05) is 30.0 Å². The minimum Gasteiger partial charge on any atom is -0.486 e. The van der Waals surface area contributed by atoms with Crippen molar-refractivity contribution in [1.82, 2.24) is 9.78 Å². The van der Waals surface area contributed by atoms with Gasteiger partial charge >= 0.3 is 0 Å². The molecule has 3 heterocycles. The summed E-state index contributed by atoms with van der Waals surface area (Å²) < 4.78 is 13.4. The van der Waals surface area contributed by atoms with Crippen LogP contribution in [0.1, 0.15) is 6.42 Å². The molecule has 4 rings (SSSR count). The Balaban J connectivity index is 1.45. The molecule has 146 valence electrons. The number of hydrogen-bond donors (Lipinski definition) is 1. The number of allylic oxidation sites excluding steroid dienone is 1. The average molecular weight is 447 g/mol. The van der Waals surface area contributed by atoms with E-state index in [2.05, 4.69) is 32.9 Å². The molecule has 1 N–H and O–H groups in total. The van der Waals surface area contributed by atoms with Crippen LogP contribution in [0, 0.1) is 5.92 Å². The number of ether oxygens (including phenoxy) is 2. The molecule has 0 unspecified atom stereocenters. The molecule has 2 aromatic rings. The van der Waals surface area contributed by atoms with E-state index < -0.39 is 5.92 Å². The van der Waals surface area contributed by atoms with Crippen LogP contribution in [0.2, 0.25) is 0 Å². The monoisotopic (exact) mass is 446 g/mol. The van der Waals surface area contributed by atoms with E-state index in [-0.39, 0.29) is 18.2 Å². The highest BCUT2D eigenvalue weighted by Crippen LogP contribution is 2.36. The van der Waals surface area contributed by atoms with Gasteiger partial charge in [0.1, 0.15) is 13.2 Å². The number of anilines is 2. The number of halogens is 1. The Hall–Kier alpha value is -2.81. The van der Waals surface area contributed by atoms with Crippen molar-refractivity contribution in [3.63, 3.8) is 0 Å². The highest BCUT2D eigenvalue weighted by molar-refractivity contribution is 9.10. The number of aromatic nitrogens is 2. The predicted octanol–water partition coefficient (Wildman–Crippen LogP) is 2.59. The number of benzene rings is 1. The predicted molar refractivity (Wildman–Crippen MR) is 107 cm³/mol. The summed E-state index contributed by atoms with van der Waals surface area (Å²) in [6.07, 6.45) is 3.62. The molecule has 0 aliphatic carbocycles. The lowest BCUT2D eigenvalue weighted by Gasteiger charge is -2.22. The summed E-state index contributed by atoms with van der Waals surface area (Å²) >= 11 is 3.38. The molecule has 1 fully saturated rings. The van der Waals surface area contributed by atoms with Gasteiger partial charge in [0, 0.05) is 30.9 Å². The third-order valence-electron chi connectivity index (χ3n) is 4.61. The van der Waals surface area contributed by atoms with Crippen molar-refractivity contribution >= 4 is 39.2 Å². The third kappa shape index (κ3) is 3.62. The van der Waals surface area contributed by atoms with E-state index in [1.54, 1.807) is 40.1 Å². The van der Waals surface area contributed by atoms with E-state index in [1.807, 2.05) is 0 Å². The molecular weight excluding hydrogens is 428 g/mol. The Labute approximate surface area is 170 Å². The van der Waals surface area contributed by atoms with Crippen LogP contribution in [0.3, 0.4) is 0 Å². The minimum absolute atomic E-state index is 0.104. The summed E-state index contributed by atoms with van der Waals surface area (Å²) in [6, 6.07) is 5.37. The molecule has 1 atom stereocenters. The molecule has 1 aromatic carbocycles. The zero-order valence-electron chi connectivity index (χ0n) is 15.1. The molecule has 2 aliphatic heterocycles. The smallest absolute Gasteiger partial charge is 0.231 e. The lowest BCUT2D eigenvalue weighted by Crippen LogP contribution is -2.28. The molecular formula is C19H19BrN4O4. The second kappa shape index (κ2) is 7.67. The maximum absolute atomic E-state index is 12.7.